The van der Waals surface area contributed by atoms with E-state index in [9.17, 15) is 13.6 Å². The summed E-state index contributed by atoms with van der Waals surface area (Å²) in [5.41, 5.74) is 4.97. The molecule has 8 heteroatoms. The van der Waals surface area contributed by atoms with Crippen molar-refractivity contribution in [2.75, 3.05) is 5.32 Å². The fourth-order valence-electron chi connectivity index (χ4n) is 2.57. The maximum Gasteiger partial charge on any atom is 0.228 e. The Bertz CT molecular complexity index is 1090. The fraction of sp³-hybridized carbons (Fsp3) is 0.0556. The number of amides is 1. The molecular formula is C18H12F2N4OS. The Labute approximate surface area is 150 Å². The molecule has 0 fully saturated rings. The zero-order chi connectivity index (χ0) is 18.1. The Morgan fingerprint density at radius 2 is 2.04 bits per heavy atom. The average Bonchev–Trinajstić information content (AvgIpc) is 3.26. The number of aromatic nitrogens is 3. The molecule has 2 aromatic heterocycles. The number of carbonyl (C=O) groups is 1. The molecule has 0 saturated carbocycles. The summed E-state index contributed by atoms with van der Waals surface area (Å²) in [6.45, 7) is 0. The van der Waals surface area contributed by atoms with Crippen molar-refractivity contribution < 1.29 is 13.6 Å². The van der Waals surface area contributed by atoms with Crippen molar-refractivity contribution in [1.82, 2.24) is 15.0 Å². The second-order valence-electron chi connectivity index (χ2n) is 5.66. The number of H-pyrrole nitrogens is 1. The summed E-state index contributed by atoms with van der Waals surface area (Å²) in [4.78, 5) is 24.0. The molecule has 0 atom stereocenters. The van der Waals surface area contributed by atoms with Gasteiger partial charge in [-0.3, -0.25) is 4.79 Å². The first-order valence-electron chi connectivity index (χ1n) is 7.70. The predicted octanol–water partition coefficient (Wildman–Crippen LogP) is 4.15. The van der Waals surface area contributed by atoms with Crippen LogP contribution >= 0.6 is 11.3 Å². The van der Waals surface area contributed by atoms with Gasteiger partial charge in [-0.15, -0.1) is 11.3 Å². The lowest BCUT2D eigenvalue weighted by Gasteiger charge is -2.05. The van der Waals surface area contributed by atoms with Gasteiger partial charge in [0.2, 0.25) is 5.91 Å². The van der Waals surface area contributed by atoms with Crippen molar-refractivity contribution in [3.8, 4) is 11.5 Å². The van der Waals surface area contributed by atoms with Gasteiger partial charge in [-0.25, -0.2) is 18.7 Å². The van der Waals surface area contributed by atoms with E-state index in [1.807, 2.05) is 11.4 Å². The molecule has 0 aliphatic rings. The molecule has 2 N–H and O–H groups in total. The van der Waals surface area contributed by atoms with E-state index >= 15 is 0 Å². The second-order valence-corrected chi connectivity index (χ2v) is 6.38. The van der Waals surface area contributed by atoms with Crippen molar-refractivity contribution in [2.24, 2.45) is 0 Å². The Balaban J connectivity index is 1.51. The molecule has 5 nitrogen and oxygen atoms in total. The van der Waals surface area contributed by atoms with E-state index in [4.69, 9.17) is 0 Å². The van der Waals surface area contributed by atoms with E-state index in [2.05, 4.69) is 20.3 Å². The van der Waals surface area contributed by atoms with Crippen LogP contribution in [0.5, 0.6) is 0 Å². The monoisotopic (exact) mass is 370 g/mol. The van der Waals surface area contributed by atoms with E-state index in [-0.39, 0.29) is 12.3 Å². The normalized spacial score (nSPS) is 11.0. The van der Waals surface area contributed by atoms with Gasteiger partial charge in [-0.1, -0.05) is 6.07 Å². The Hall–Kier alpha value is -3.13. The molecule has 0 aliphatic heterocycles. The first kappa shape index (κ1) is 16.3. The minimum Gasteiger partial charge on any atom is -0.337 e. The SMILES string of the molecule is O=C(Cc1ccc(F)c(F)c1)Nc1ccc2[nH]c(-c3cscn3)nc2c1. The first-order valence-corrected chi connectivity index (χ1v) is 8.65. The van der Waals surface area contributed by atoms with Crippen LogP contribution in [0.25, 0.3) is 22.6 Å². The second kappa shape index (κ2) is 6.64. The number of benzene rings is 2. The lowest BCUT2D eigenvalue weighted by molar-refractivity contribution is -0.115. The standard InChI is InChI=1S/C18H12F2N4OS/c19-12-3-1-10(5-13(12)20)6-17(25)22-11-2-4-14-15(7-11)24-18(23-14)16-8-26-9-21-16/h1-5,7-9H,6H2,(H,22,25)(H,23,24). The third-order valence-electron chi connectivity index (χ3n) is 3.79. The van der Waals surface area contributed by atoms with Crippen molar-refractivity contribution in [1.29, 1.82) is 0 Å². The van der Waals surface area contributed by atoms with Gasteiger partial charge < -0.3 is 10.3 Å². The minimum absolute atomic E-state index is 0.0557. The van der Waals surface area contributed by atoms with Gasteiger partial charge in [0.25, 0.3) is 0 Å². The van der Waals surface area contributed by atoms with E-state index in [0.29, 0.717) is 22.6 Å². The number of carbonyl (C=O) groups excluding carboxylic acids is 1. The van der Waals surface area contributed by atoms with Crippen LogP contribution in [0.1, 0.15) is 5.56 Å². The van der Waals surface area contributed by atoms with E-state index < -0.39 is 11.6 Å². The summed E-state index contributed by atoms with van der Waals surface area (Å²) in [6.07, 6.45) is -0.0557. The van der Waals surface area contributed by atoms with Crippen LogP contribution in [-0.2, 0) is 11.2 Å². The molecule has 4 rings (SSSR count). The molecule has 1 amide bonds. The topological polar surface area (TPSA) is 70.7 Å². The van der Waals surface area contributed by atoms with Gasteiger partial charge in [-0.05, 0) is 35.9 Å². The molecule has 0 unspecified atom stereocenters. The number of anilines is 1. The largest absolute Gasteiger partial charge is 0.337 e. The first-order chi connectivity index (χ1) is 12.6. The maximum absolute atomic E-state index is 13.2. The smallest absolute Gasteiger partial charge is 0.228 e. The lowest BCUT2D eigenvalue weighted by Crippen LogP contribution is -2.14. The van der Waals surface area contributed by atoms with Crippen molar-refractivity contribution in [2.45, 2.75) is 6.42 Å². The third-order valence-corrected chi connectivity index (χ3v) is 4.38. The summed E-state index contributed by atoms with van der Waals surface area (Å²) in [7, 11) is 0. The van der Waals surface area contributed by atoms with Gasteiger partial charge in [0.1, 0.15) is 5.69 Å². The van der Waals surface area contributed by atoms with Crippen LogP contribution in [0.3, 0.4) is 0 Å². The van der Waals surface area contributed by atoms with Crippen LogP contribution in [-0.4, -0.2) is 20.9 Å². The predicted molar refractivity (Wildman–Crippen MR) is 95.9 cm³/mol. The summed E-state index contributed by atoms with van der Waals surface area (Å²) < 4.78 is 26.2. The molecule has 4 aromatic rings. The van der Waals surface area contributed by atoms with Gasteiger partial charge in [0.15, 0.2) is 17.5 Å². The molecule has 2 heterocycles. The maximum atomic E-state index is 13.2. The van der Waals surface area contributed by atoms with Crippen LogP contribution in [0.15, 0.2) is 47.3 Å². The molecular weight excluding hydrogens is 358 g/mol. The van der Waals surface area contributed by atoms with Crippen molar-refractivity contribution in [3.05, 3.63) is 64.5 Å². The lowest BCUT2D eigenvalue weighted by atomic mass is 10.1. The highest BCUT2D eigenvalue weighted by Crippen LogP contribution is 2.23. The average molecular weight is 370 g/mol. The summed E-state index contributed by atoms with van der Waals surface area (Å²) in [6, 6.07) is 8.71. The van der Waals surface area contributed by atoms with E-state index in [1.54, 1.807) is 17.6 Å². The number of hydrogen-bond donors (Lipinski definition) is 2. The van der Waals surface area contributed by atoms with Crippen LogP contribution < -0.4 is 5.32 Å². The number of thiazole rings is 1. The number of rotatable bonds is 4. The van der Waals surface area contributed by atoms with Gasteiger partial charge in [-0.2, -0.15) is 0 Å². The number of nitrogens with one attached hydrogen (secondary N) is 2. The Morgan fingerprint density at radius 1 is 1.15 bits per heavy atom. The highest BCUT2D eigenvalue weighted by atomic mass is 32.1. The highest BCUT2D eigenvalue weighted by Gasteiger charge is 2.10. The number of hydrogen-bond acceptors (Lipinski definition) is 4. The van der Waals surface area contributed by atoms with Crippen LogP contribution in [0.4, 0.5) is 14.5 Å². The molecule has 130 valence electrons. The number of nitrogens with zero attached hydrogens (tertiary/aromatic N) is 2. The van der Waals surface area contributed by atoms with E-state index in [0.717, 1.165) is 23.3 Å². The zero-order valence-electron chi connectivity index (χ0n) is 13.3. The number of aromatic amines is 1. The molecule has 2 aromatic carbocycles. The van der Waals surface area contributed by atoms with Crippen molar-refractivity contribution >= 4 is 34.0 Å². The number of fused-ring (bicyclic) bond motifs is 1. The third kappa shape index (κ3) is 3.31. The van der Waals surface area contributed by atoms with Crippen LogP contribution in [0.2, 0.25) is 0 Å². The molecule has 0 bridgehead atoms. The molecule has 0 aliphatic carbocycles. The quantitative estimate of drug-likeness (QED) is 0.567. The molecule has 0 radical (unpaired) electrons. The number of halogens is 2. The molecule has 0 spiro atoms. The summed E-state index contributed by atoms with van der Waals surface area (Å²) >= 11 is 1.48. The summed E-state index contributed by atoms with van der Waals surface area (Å²) in [5, 5.41) is 4.63. The Morgan fingerprint density at radius 3 is 2.81 bits per heavy atom. The summed E-state index contributed by atoms with van der Waals surface area (Å²) in [5.74, 6) is -1.57. The minimum atomic E-state index is -0.970. The fourth-order valence-corrected chi connectivity index (χ4v) is 3.11. The van der Waals surface area contributed by atoms with Crippen LogP contribution in [0, 0.1) is 11.6 Å². The Kier molecular flexibility index (Phi) is 4.18. The highest BCUT2D eigenvalue weighted by molar-refractivity contribution is 7.07. The molecule has 0 saturated heterocycles. The van der Waals surface area contributed by atoms with Crippen molar-refractivity contribution in [3.63, 3.8) is 0 Å². The zero-order valence-corrected chi connectivity index (χ0v) is 14.1. The van der Waals surface area contributed by atoms with E-state index in [1.165, 1.54) is 17.4 Å². The van der Waals surface area contributed by atoms with Gasteiger partial charge in [0.05, 0.1) is 23.0 Å². The van der Waals surface area contributed by atoms with Gasteiger partial charge >= 0.3 is 0 Å². The van der Waals surface area contributed by atoms with Gasteiger partial charge in [0, 0.05) is 11.1 Å². The number of imidazole rings is 1. The molecule has 26 heavy (non-hydrogen) atoms.